The summed E-state index contributed by atoms with van der Waals surface area (Å²) in [6, 6.07) is 1.94. The summed E-state index contributed by atoms with van der Waals surface area (Å²) < 4.78 is 6.84. The summed E-state index contributed by atoms with van der Waals surface area (Å²) in [6.45, 7) is 1.22. The molecule has 1 aliphatic rings. The zero-order chi connectivity index (χ0) is 15.8. The average molecular weight is 330 g/mol. The van der Waals surface area contributed by atoms with Crippen molar-refractivity contribution in [3.05, 3.63) is 34.5 Å². The van der Waals surface area contributed by atoms with Crippen LogP contribution in [-0.2, 0) is 7.05 Å². The number of rotatable bonds is 3. The third-order valence-corrected chi connectivity index (χ3v) is 4.56. The highest BCUT2D eigenvalue weighted by Gasteiger charge is 2.32. The standard InChI is InChI=1S/C14H14N6O2S/c1-19-7-11(16-18-19)14(21)20-4-2-9(6-20)12-15-13(22-17-12)10-3-5-23-8-10/h3,5,7-9H,2,4,6H2,1H3. The van der Waals surface area contributed by atoms with E-state index < -0.39 is 0 Å². The molecule has 0 N–H and O–H groups in total. The molecule has 3 aromatic rings. The first-order valence-electron chi connectivity index (χ1n) is 7.22. The molecule has 4 rings (SSSR count). The fraction of sp³-hybridized carbons (Fsp3) is 0.357. The molecule has 3 aromatic heterocycles. The lowest BCUT2D eigenvalue weighted by Gasteiger charge is -2.13. The van der Waals surface area contributed by atoms with Crippen molar-refractivity contribution in [2.75, 3.05) is 13.1 Å². The molecule has 1 saturated heterocycles. The number of carbonyl (C=O) groups is 1. The van der Waals surface area contributed by atoms with Gasteiger partial charge in [0.15, 0.2) is 11.5 Å². The number of nitrogens with zero attached hydrogens (tertiary/aromatic N) is 6. The third kappa shape index (κ3) is 2.63. The minimum Gasteiger partial charge on any atom is -0.336 e. The van der Waals surface area contributed by atoms with Crippen LogP contribution in [0.4, 0.5) is 0 Å². The highest BCUT2D eigenvalue weighted by Crippen LogP contribution is 2.28. The first-order valence-corrected chi connectivity index (χ1v) is 8.17. The summed E-state index contributed by atoms with van der Waals surface area (Å²) in [4.78, 5) is 18.6. The molecule has 0 radical (unpaired) electrons. The van der Waals surface area contributed by atoms with Gasteiger partial charge in [-0.2, -0.15) is 16.3 Å². The van der Waals surface area contributed by atoms with E-state index in [0.717, 1.165) is 12.0 Å². The van der Waals surface area contributed by atoms with Crippen LogP contribution < -0.4 is 0 Å². The van der Waals surface area contributed by atoms with Gasteiger partial charge in [-0.05, 0) is 17.9 Å². The van der Waals surface area contributed by atoms with Crippen molar-refractivity contribution >= 4 is 17.2 Å². The topological polar surface area (TPSA) is 89.9 Å². The normalized spacial score (nSPS) is 17.8. The van der Waals surface area contributed by atoms with Crippen LogP contribution in [0, 0.1) is 0 Å². The number of hydrogen-bond acceptors (Lipinski definition) is 7. The summed E-state index contributed by atoms with van der Waals surface area (Å²) >= 11 is 1.58. The van der Waals surface area contributed by atoms with Crippen LogP contribution in [0.3, 0.4) is 0 Å². The van der Waals surface area contributed by atoms with Gasteiger partial charge in [0.2, 0.25) is 0 Å². The van der Waals surface area contributed by atoms with Crippen molar-refractivity contribution < 1.29 is 9.32 Å². The zero-order valence-corrected chi connectivity index (χ0v) is 13.2. The number of aryl methyl sites for hydroxylation is 1. The molecule has 1 fully saturated rings. The van der Waals surface area contributed by atoms with Gasteiger partial charge >= 0.3 is 0 Å². The molecule has 0 spiro atoms. The molecular weight excluding hydrogens is 316 g/mol. The molecule has 4 heterocycles. The Morgan fingerprint density at radius 2 is 2.39 bits per heavy atom. The van der Waals surface area contributed by atoms with E-state index >= 15 is 0 Å². The average Bonchev–Trinajstić information content (AvgIpc) is 3.30. The smallest absolute Gasteiger partial charge is 0.276 e. The molecule has 1 unspecified atom stereocenters. The Morgan fingerprint density at radius 1 is 1.48 bits per heavy atom. The van der Waals surface area contributed by atoms with Crippen molar-refractivity contribution in [3.8, 4) is 11.5 Å². The fourth-order valence-electron chi connectivity index (χ4n) is 2.67. The summed E-state index contributed by atoms with van der Waals surface area (Å²) in [5.74, 6) is 1.16. The van der Waals surface area contributed by atoms with Gasteiger partial charge in [-0.3, -0.25) is 9.48 Å². The Hall–Kier alpha value is -2.55. The Bertz CT molecular complexity index is 824. The van der Waals surface area contributed by atoms with Crippen LogP contribution in [0.25, 0.3) is 11.5 Å². The summed E-state index contributed by atoms with van der Waals surface area (Å²) in [6.07, 6.45) is 2.44. The van der Waals surface area contributed by atoms with Gasteiger partial charge in [0.25, 0.3) is 11.8 Å². The molecule has 1 atom stereocenters. The number of aromatic nitrogens is 5. The van der Waals surface area contributed by atoms with Gasteiger partial charge in [-0.1, -0.05) is 10.4 Å². The molecule has 23 heavy (non-hydrogen) atoms. The second-order valence-corrected chi connectivity index (χ2v) is 6.26. The van der Waals surface area contributed by atoms with E-state index in [1.165, 1.54) is 4.68 Å². The van der Waals surface area contributed by atoms with Gasteiger partial charge in [0.1, 0.15) is 0 Å². The molecule has 8 nitrogen and oxygen atoms in total. The molecule has 0 aromatic carbocycles. The van der Waals surface area contributed by atoms with Gasteiger partial charge < -0.3 is 9.42 Å². The van der Waals surface area contributed by atoms with Crippen molar-refractivity contribution in [1.29, 1.82) is 0 Å². The minimum absolute atomic E-state index is 0.0896. The van der Waals surface area contributed by atoms with Crippen LogP contribution in [0.5, 0.6) is 0 Å². The number of thiophene rings is 1. The van der Waals surface area contributed by atoms with E-state index in [4.69, 9.17) is 4.52 Å². The molecule has 1 aliphatic heterocycles. The number of carbonyl (C=O) groups excluding carboxylic acids is 1. The van der Waals surface area contributed by atoms with Crippen LogP contribution in [0.2, 0.25) is 0 Å². The predicted molar refractivity (Wildman–Crippen MR) is 81.9 cm³/mol. The summed E-state index contributed by atoms with van der Waals surface area (Å²) in [5, 5.41) is 15.7. The van der Waals surface area contributed by atoms with E-state index in [2.05, 4.69) is 20.5 Å². The van der Waals surface area contributed by atoms with E-state index in [1.54, 1.807) is 29.5 Å². The monoisotopic (exact) mass is 330 g/mol. The van der Waals surface area contributed by atoms with Crippen molar-refractivity contribution in [1.82, 2.24) is 30.0 Å². The third-order valence-electron chi connectivity index (χ3n) is 3.87. The SMILES string of the molecule is Cn1cc(C(=O)N2CCC(c3noc(-c4ccsc4)n3)C2)nn1. The Balaban J connectivity index is 1.47. The maximum atomic E-state index is 12.4. The lowest BCUT2D eigenvalue weighted by molar-refractivity contribution is 0.0784. The van der Waals surface area contributed by atoms with E-state index in [0.29, 0.717) is 30.5 Å². The summed E-state index contributed by atoms with van der Waals surface area (Å²) in [5.41, 5.74) is 1.29. The van der Waals surface area contributed by atoms with Crippen molar-refractivity contribution in [2.24, 2.45) is 7.05 Å². The predicted octanol–water partition coefficient (Wildman–Crippen LogP) is 1.56. The van der Waals surface area contributed by atoms with Crippen LogP contribution in [0.15, 0.2) is 27.5 Å². The largest absolute Gasteiger partial charge is 0.336 e. The number of amides is 1. The first-order chi connectivity index (χ1) is 11.2. The van der Waals surface area contributed by atoms with Gasteiger partial charge in [0, 0.05) is 31.4 Å². The summed E-state index contributed by atoms with van der Waals surface area (Å²) in [7, 11) is 1.74. The Labute approximate surface area is 135 Å². The van der Waals surface area contributed by atoms with Crippen molar-refractivity contribution in [2.45, 2.75) is 12.3 Å². The highest BCUT2D eigenvalue weighted by molar-refractivity contribution is 7.08. The van der Waals surface area contributed by atoms with Crippen LogP contribution >= 0.6 is 11.3 Å². The van der Waals surface area contributed by atoms with E-state index in [9.17, 15) is 4.79 Å². The minimum atomic E-state index is -0.109. The Kier molecular flexibility index (Phi) is 3.41. The zero-order valence-electron chi connectivity index (χ0n) is 12.4. The molecule has 0 saturated carbocycles. The maximum absolute atomic E-state index is 12.4. The molecular formula is C14H14N6O2S. The first kappa shape index (κ1) is 14.1. The molecule has 1 amide bonds. The molecule has 118 valence electrons. The Morgan fingerprint density at radius 3 is 3.13 bits per heavy atom. The lowest BCUT2D eigenvalue weighted by Crippen LogP contribution is -2.28. The molecule has 9 heteroatoms. The van der Waals surface area contributed by atoms with E-state index in [1.807, 2.05) is 16.8 Å². The fourth-order valence-corrected chi connectivity index (χ4v) is 3.30. The maximum Gasteiger partial charge on any atom is 0.276 e. The lowest BCUT2D eigenvalue weighted by atomic mass is 10.1. The highest BCUT2D eigenvalue weighted by atomic mass is 32.1. The second-order valence-electron chi connectivity index (χ2n) is 5.48. The quantitative estimate of drug-likeness (QED) is 0.724. The number of hydrogen-bond donors (Lipinski definition) is 0. The number of likely N-dealkylation sites (tertiary alicyclic amines) is 1. The van der Waals surface area contributed by atoms with Crippen molar-refractivity contribution in [3.63, 3.8) is 0 Å². The van der Waals surface area contributed by atoms with E-state index in [-0.39, 0.29) is 11.8 Å². The second kappa shape index (κ2) is 5.58. The molecule has 0 aliphatic carbocycles. The van der Waals surface area contributed by atoms with Gasteiger partial charge in [-0.15, -0.1) is 5.10 Å². The van der Waals surface area contributed by atoms with Crippen LogP contribution in [-0.4, -0.2) is 49.0 Å². The van der Waals surface area contributed by atoms with Crippen LogP contribution in [0.1, 0.15) is 28.7 Å². The van der Waals surface area contributed by atoms with Gasteiger partial charge in [0.05, 0.1) is 11.8 Å². The van der Waals surface area contributed by atoms with Gasteiger partial charge in [-0.25, -0.2) is 0 Å². The molecule has 0 bridgehead atoms.